The molecule has 0 atom stereocenters. The van der Waals surface area contributed by atoms with Crippen LogP contribution in [0.4, 0.5) is 0 Å². The third-order valence-corrected chi connectivity index (χ3v) is 0.333. The van der Waals surface area contributed by atoms with Gasteiger partial charge < -0.3 is 11.5 Å². The summed E-state index contributed by atoms with van der Waals surface area (Å²) < 4.78 is 0. The van der Waals surface area contributed by atoms with Gasteiger partial charge in [0.1, 0.15) is 0 Å². The quantitative estimate of drug-likeness (QED) is 0.660. The second-order valence-electron chi connectivity index (χ2n) is 0.813. The summed E-state index contributed by atoms with van der Waals surface area (Å²) in [5.41, 5.74) is 9.96. The summed E-state index contributed by atoms with van der Waals surface area (Å²) in [5, 5.41) is 0. The van der Waals surface area contributed by atoms with Gasteiger partial charge in [-0.3, -0.25) is 6.54 Å². The fraction of sp³-hybridized carbons (Fsp3) is 0.667. The van der Waals surface area contributed by atoms with Crippen LogP contribution in [0.1, 0.15) is 6.42 Å². The first-order valence-corrected chi connectivity index (χ1v) is 1.65. The predicted molar refractivity (Wildman–Crippen MR) is 22.2 cm³/mol. The van der Waals surface area contributed by atoms with Gasteiger partial charge in [-0.2, -0.15) is 6.42 Å². The maximum atomic E-state index is 5.03. The molecule has 0 spiro atoms. The van der Waals surface area contributed by atoms with Crippen molar-refractivity contribution < 1.29 is 21.1 Å². The van der Waals surface area contributed by atoms with Crippen molar-refractivity contribution in [3.63, 3.8) is 0 Å². The van der Waals surface area contributed by atoms with Crippen molar-refractivity contribution in [2.24, 2.45) is 11.5 Å². The first kappa shape index (κ1) is 9.79. The zero-order valence-electron chi connectivity index (χ0n) is 3.46. The maximum absolute atomic E-state index is 5.03. The van der Waals surface area contributed by atoms with Crippen LogP contribution in [0.2, 0.25) is 0 Å². The molecule has 4 N–H and O–H groups in total. The fourth-order valence-corrected chi connectivity index (χ4v) is 0.0962. The summed E-state index contributed by atoms with van der Waals surface area (Å²) in [6.07, 6.45) is 0.819. The second-order valence-corrected chi connectivity index (χ2v) is 0.813. The van der Waals surface area contributed by atoms with E-state index in [1.54, 1.807) is 6.54 Å². The van der Waals surface area contributed by atoms with E-state index in [1.807, 2.05) is 0 Å². The normalized spacial score (nSPS) is 7.00. The van der Waals surface area contributed by atoms with Crippen LogP contribution in [0.5, 0.6) is 0 Å². The van der Waals surface area contributed by atoms with Gasteiger partial charge in [0, 0.05) is 21.1 Å². The van der Waals surface area contributed by atoms with Crippen LogP contribution in [0.3, 0.4) is 0 Å². The minimum atomic E-state index is 0. The van der Waals surface area contributed by atoms with Crippen molar-refractivity contribution in [3.8, 4) is 0 Å². The standard InChI is InChI=1S/C3H9N2.Pt/c4-2-1-3-5;/h2H,1,3-5H2;/q-1;. The topological polar surface area (TPSA) is 52.0 Å². The summed E-state index contributed by atoms with van der Waals surface area (Å²) in [7, 11) is 0. The van der Waals surface area contributed by atoms with E-state index in [0.717, 1.165) is 6.42 Å². The number of rotatable bonds is 2. The van der Waals surface area contributed by atoms with Crippen LogP contribution in [0, 0.1) is 6.54 Å². The fourth-order valence-electron chi connectivity index (χ4n) is 0.0962. The van der Waals surface area contributed by atoms with Gasteiger partial charge in [0.2, 0.25) is 0 Å². The van der Waals surface area contributed by atoms with Crippen molar-refractivity contribution >= 4 is 0 Å². The van der Waals surface area contributed by atoms with Gasteiger partial charge in [-0.25, -0.2) is 0 Å². The Kier molecular flexibility index (Phi) is 14.9. The largest absolute Gasteiger partial charge is 0.483 e. The van der Waals surface area contributed by atoms with Crippen molar-refractivity contribution in [2.75, 3.05) is 6.54 Å². The molecule has 0 aliphatic heterocycles. The molecule has 0 radical (unpaired) electrons. The first-order valence-electron chi connectivity index (χ1n) is 1.65. The van der Waals surface area contributed by atoms with Crippen LogP contribution in [-0.4, -0.2) is 6.54 Å². The third-order valence-electron chi connectivity index (χ3n) is 0.333. The average Bonchev–Trinajstić information content (AvgIpc) is 1.41. The van der Waals surface area contributed by atoms with Crippen molar-refractivity contribution in [1.29, 1.82) is 0 Å². The molecule has 0 aliphatic rings. The van der Waals surface area contributed by atoms with E-state index in [4.69, 9.17) is 11.5 Å². The van der Waals surface area contributed by atoms with Crippen molar-refractivity contribution in [3.05, 3.63) is 6.54 Å². The van der Waals surface area contributed by atoms with Crippen LogP contribution < -0.4 is 11.5 Å². The maximum Gasteiger partial charge on any atom is 0 e. The zero-order chi connectivity index (χ0) is 4.12. The molecular weight excluding hydrogens is 259 g/mol. The summed E-state index contributed by atoms with van der Waals surface area (Å²) >= 11 is 0. The smallest absolute Gasteiger partial charge is 0 e. The Morgan fingerprint density at radius 2 is 2.00 bits per heavy atom. The molecule has 2 nitrogen and oxygen atoms in total. The van der Waals surface area contributed by atoms with Gasteiger partial charge in [-0.1, -0.05) is 0 Å². The average molecular weight is 268 g/mol. The molecular formula is C3H9N2Pt-. The van der Waals surface area contributed by atoms with E-state index >= 15 is 0 Å². The molecule has 0 saturated heterocycles. The third kappa shape index (κ3) is 8.82. The summed E-state index contributed by atoms with van der Waals surface area (Å²) in [6, 6.07) is 0. The molecule has 0 fully saturated rings. The monoisotopic (exact) mass is 268 g/mol. The van der Waals surface area contributed by atoms with Crippen LogP contribution >= 0.6 is 0 Å². The Bertz CT molecular complexity index is 16.3. The summed E-state index contributed by atoms with van der Waals surface area (Å²) in [6.45, 7) is 2.22. The molecule has 0 unspecified atom stereocenters. The number of hydrogen-bond donors (Lipinski definition) is 2. The summed E-state index contributed by atoms with van der Waals surface area (Å²) in [4.78, 5) is 0. The van der Waals surface area contributed by atoms with Crippen LogP contribution in [-0.2, 0) is 21.1 Å². The van der Waals surface area contributed by atoms with Gasteiger partial charge in [0.15, 0.2) is 0 Å². The molecule has 0 rings (SSSR count). The molecule has 0 bridgehead atoms. The van der Waals surface area contributed by atoms with Crippen molar-refractivity contribution in [1.82, 2.24) is 0 Å². The Balaban J connectivity index is 0. The zero-order valence-corrected chi connectivity index (χ0v) is 5.73. The number of hydrogen-bond acceptors (Lipinski definition) is 2. The molecule has 0 aliphatic carbocycles. The molecule has 0 aromatic carbocycles. The molecule has 6 heavy (non-hydrogen) atoms. The van der Waals surface area contributed by atoms with Crippen LogP contribution in [0.25, 0.3) is 0 Å². The second kappa shape index (κ2) is 9.15. The summed E-state index contributed by atoms with van der Waals surface area (Å²) in [5.74, 6) is 0. The Morgan fingerprint density at radius 3 is 2.00 bits per heavy atom. The first-order chi connectivity index (χ1) is 2.41. The molecule has 0 aromatic rings. The number of nitrogens with two attached hydrogens (primary N) is 2. The van der Waals surface area contributed by atoms with E-state index in [9.17, 15) is 0 Å². The van der Waals surface area contributed by atoms with E-state index in [1.165, 1.54) is 0 Å². The van der Waals surface area contributed by atoms with Gasteiger partial charge >= 0.3 is 0 Å². The molecule has 42 valence electrons. The molecule has 0 saturated carbocycles. The van der Waals surface area contributed by atoms with E-state index in [2.05, 4.69) is 0 Å². The van der Waals surface area contributed by atoms with E-state index in [-0.39, 0.29) is 21.1 Å². The Hall–Kier alpha value is 0.608. The van der Waals surface area contributed by atoms with E-state index in [0.29, 0.717) is 6.54 Å². The molecule has 3 heteroatoms. The minimum absolute atomic E-state index is 0. The van der Waals surface area contributed by atoms with Crippen LogP contribution in [0.15, 0.2) is 0 Å². The molecule has 0 heterocycles. The van der Waals surface area contributed by atoms with E-state index < -0.39 is 0 Å². The van der Waals surface area contributed by atoms with Gasteiger partial charge in [-0.05, 0) is 6.54 Å². The minimum Gasteiger partial charge on any atom is -0.483 e. The van der Waals surface area contributed by atoms with Gasteiger partial charge in [-0.15, -0.1) is 0 Å². The predicted octanol–water partition coefficient (Wildman–Crippen LogP) is -0.547. The molecule has 0 amide bonds. The molecule has 0 aromatic heterocycles. The Labute approximate surface area is 52.5 Å². The van der Waals surface area contributed by atoms with Gasteiger partial charge in [0.05, 0.1) is 0 Å². The van der Waals surface area contributed by atoms with Crippen molar-refractivity contribution in [2.45, 2.75) is 6.42 Å². The Morgan fingerprint density at radius 1 is 1.50 bits per heavy atom. The van der Waals surface area contributed by atoms with Gasteiger partial charge in [0.25, 0.3) is 0 Å². The SMILES string of the molecule is N[CH-]CCN.[Pt].